The van der Waals surface area contributed by atoms with Crippen molar-refractivity contribution in [3.8, 4) is 0 Å². The minimum absolute atomic E-state index is 0. The van der Waals surface area contributed by atoms with Gasteiger partial charge in [0.05, 0.1) is 12.0 Å². The lowest BCUT2D eigenvalue weighted by Gasteiger charge is -2.44. The van der Waals surface area contributed by atoms with E-state index < -0.39 is 0 Å². The Hall–Kier alpha value is -0.320. The van der Waals surface area contributed by atoms with Crippen LogP contribution in [0.25, 0.3) is 0 Å². The Labute approximate surface area is 129 Å². The summed E-state index contributed by atoms with van der Waals surface area (Å²) in [6, 6.07) is 0. The molecule has 1 amide bonds. The number of hydrogen-bond acceptors (Lipinski definition) is 3. The van der Waals surface area contributed by atoms with Crippen molar-refractivity contribution < 1.29 is 9.53 Å². The number of amides is 1. The van der Waals surface area contributed by atoms with Gasteiger partial charge >= 0.3 is 0 Å². The van der Waals surface area contributed by atoms with Crippen LogP contribution in [-0.2, 0) is 9.53 Å². The zero-order chi connectivity index (χ0) is 13.9. The highest BCUT2D eigenvalue weighted by atomic mass is 35.5. The molecule has 0 aromatic carbocycles. The number of rotatable bonds is 3. The SMILES string of the molecule is COCC1(C(=O)N2CCCC(C)(C)C2)CCNCC1.Cl. The fourth-order valence-corrected chi connectivity index (χ4v) is 3.53. The Balaban J connectivity index is 0.00000200. The van der Waals surface area contributed by atoms with Gasteiger partial charge in [0.25, 0.3) is 0 Å². The van der Waals surface area contributed by atoms with E-state index in [4.69, 9.17) is 4.74 Å². The first kappa shape index (κ1) is 17.7. The third-order valence-electron chi connectivity index (χ3n) is 4.62. The predicted octanol–water partition coefficient (Wildman–Crippen LogP) is 2.07. The van der Waals surface area contributed by atoms with Crippen molar-refractivity contribution >= 4 is 18.3 Å². The van der Waals surface area contributed by atoms with Crippen LogP contribution >= 0.6 is 12.4 Å². The second-order valence-corrected chi connectivity index (χ2v) is 6.96. The first-order valence-electron chi connectivity index (χ1n) is 7.48. The second kappa shape index (κ2) is 7.10. The van der Waals surface area contributed by atoms with Gasteiger partial charge in [-0.1, -0.05) is 13.8 Å². The Bertz CT molecular complexity index is 322. The standard InChI is InChI=1S/C15H28N2O2.ClH/c1-14(2)5-4-10-17(11-14)13(18)15(12-19-3)6-8-16-9-7-15;/h16H,4-12H2,1-3H3;1H. The quantitative estimate of drug-likeness (QED) is 0.868. The molecule has 0 bridgehead atoms. The van der Waals surface area contributed by atoms with Crippen molar-refractivity contribution in [3.05, 3.63) is 0 Å². The number of likely N-dealkylation sites (tertiary alicyclic amines) is 1. The molecule has 0 spiro atoms. The molecule has 0 unspecified atom stereocenters. The maximum atomic E-state index is 13.0. The number of carbonyl (C=O) groups is 1. The Morgan fingerprint density at radius 1 is 1.25 bits per heavy atom. The van der Waals surface area contributed by atoms with Crippen LogP contribution in [0.1, 0.15) is 39.5 Å². The first-order chi connectivity index (χ1) is 8.99. The number of piperidine rings is 2. The summed E-state index contributed by atoms with van der Waals surface area (Å²) in [5.41, 5.74) is -0.0253. The molecule has 1 N–H and O–H groups in total. The average Bonchev–Trinajstić information content (AvgIpc) is 2.38. The van der Waals surface area contributed by atoms with E-state index in [1.54, 1.807) is 7.11 Å². The van der Waals surface area contributed by atoms with Gasteiger partial charge in [0, 0.05) is 20.2 Å². The molecule has 0 atom stereocenters. The highest BCUT2D eigenvalue weighted by Gasteiger charge is 2.43. The molecule has 5 heteroatoms. The van der Waals surface area contributed by atoms with Gasteiger partial charge in [0.2, 0.25) is 5.91 Å². The molecule has 118 valence electrons. The summed E-state index contributed by atoms with van der Waals surface area (Å²) in [6.45, 7) is 8.74. The van der Waals surface area contributed by atoms with Gasteiger partial charge in [-0.3, -0.25) is 4.79 Å². The molecule has 20 heavy (non-hydrogen) atoms. The molecule has 2 aliphatic heterocycles. The summed E-state index contributed by atoms with van der Waals surface area (Å²) >= 11 is 0. The summed E-state index contributed by atoms with van der Waals surface area (Å²) in [5, 5.41) is 3.35. The Kier molecular flexibility index (Phi) is 6.29. The Morgan fingerprint density at radius 2 is 1.90 bits per heavy atom. The van der Waals surface area contributed by atoms with Crippen molar-refractivity contribution in [1.82, 2.24) is 10.2 Å². The van der Waals surface area contributed by atoms with Gasteiger partial charge in [0.15, 0.2) is 0 Å². The van der Waals surface area contributed by atoms with Gasteiger partial charge in [-0.2, -0.15) is 0 Å². The molecule has 2 saturated heterocycles. The zero-order valence-corrected chi connectivity index (χ0v) is 13.9. The van der Waals surface area contributed by atoms with Crippen molar-refractivity contribution in [2.75, 3.05) is 39.9 Å². The summed E-state index contributed by atoms with van der Waals surface area (Å²) in [5.74, 6) is 0.323. The van der Waals surface area contributed by atoms with Crippen molar-refractivity contribution in [1.29, 1.82) is 0 Å². The number of ether oxygens (including phenoxy) is 1. The minimum atomic E-state index is -0.284. The van der Waals surface area contributed by atoms with E-state index in [0.29, 0.717) is 12.5 Å². The summed E-state index contributed by atoms with van der Waals surface area (Å²) in [7, 11) is 1.71. The second-order valence-electron chi connectivity index (χ2n) is 6.96. The van der Waals surface area contributed by atoms with Crippen LogP contribution in [0.2, 0.25) is 0 Å². The van der Waals surface area contributed by atoms with Crippen molar-refractivity contribution in [3.63, 3.8) is 0 Å². The normalized spacial score (nSPS) is 24.9. The third kappa shape index (κ3) is 3.86. The number of nitrogens with one attached hydrogen (secondary N) is 1. The van der Waals surface area contributed by atoms with Gasteiger partial charge < -0.3 is 15.0 Å². The van der Waals surface area contributed by atoms with Crippen molar-refractivity contribution in [2.45, 2.75) is 39.5 Å². The number of carbonyl (C=O) groups excluding carboxylic acids is 1. The Morgan fingerprint density at radius 3 is 2.45 bits per heavy atom. The van der Waals surface area contributed by atoms with Gasteiger partial charge in [-0.15, -0.1) is 12.4 Å². The van der Waals surface area contributed by atoms with Crippen LogP contribution < -0.4 is 5.32 Å². The summed E-state index contributed by atoms with van der Waals surface area (Å²) < 4.78 is 5.37. The third-order valence-corrected chi connectivity index (χ3v) is 4.62. The van der Waals surface area contributed by atoms with Crippen molar-refractivity contribution in [2.24, 2.45) is 10.8 Å². The molecule has 2 fully saturated rings. The van der Waals surface area contributed by atoms with Gasteiger partial charge in [0.1, 0.15) is 0 Å². The van der Waals surface area contributed by atoms with E-state index >= 15 is 0 Å². The molecule has 0 aromatic rings. The molecule has 2 heterocycles. The highest BCUT2D eigenvalue weighted by Crippen LogP contribution is 2.35. The molecule has 4 nitrogen and oxygen atoms in total. The van der Waals surface area contributed by atoms with E-state index in [1.807, 2.05) is 0 Å². The maximum absolute atomic E-state index is 13.0. The predicted molar refractivity (Wildman–Crippen MR) is 83.3 cm³/mol. The fraction of sp³-hybridized carbons (Fsp3) is 0.933. The maximum Gasteiger partial charge on any atom is 0.231 e. The van der Waals surface area contributed by atoms with Crippen LogP contribution in [0.4, 0.5) is 0 Å². The van der Waals surface area contributed by atoms with E-state index in [9.17, 15) is 4.79 Å². The smallest absolute Gasteiger partial charge is 0.231 e. The summed E-state index contributed by atoms with van der Waals surface area (Å²) in [4.78, 5) is 15.1. The van der Waals surface area contributed by atoms with Gasteiger partial charge in [-0.25, -0.2) is 0 Å². The lowest BCUT2D eigenvalue weighted by molar-refractivity contribution is -0.150. The molecule has 0 saturated carbocycles. The average molecular weight is 305 g/mol. The fourth-order valence-electron chi connectivity index (χ4n) is 3.53. The van der Waals surface area contributed by atoms with Crippen LogP contribution in [0.15, 0.2) is 0 Å². The molecule has 2 aliphatic rings. The minimum Gasteiger partial charge on any atom is -0.384 e. The van der Waals surface area contributed by atoms with Crippen LogP contribution in [0, 0.1) is 10.8 Å². The molecular formula is C15H29ClN2O2. The van der Waals surface area contributed by atoms with E-state index in [-0.39, 0.29) is 23.2 Å². The van der Waals surface area contributed by atoms with E-state index in [2.05, 4.69) is 24.1 Å². The molecule has 2 rings (SSSR count). The van der Waals surface area contributed by atoms with E-state index in [1.165, 1.54) is 6.42 Å². The topological polar surface area (TPSA) is 41.6 Å². The molecular weight excluding hydrogens is 276 g/mol. The largest absolute Gasteiger partial charge is 0.384 e. The zero-order valence-electron chi connectivity index (χ0n) is 13.0. The first-order valence-corrected chi connectivity index (χ1v) is 7.48. The molecule has 0 aromatic heterocycles. The number of nitrogens with zero attached hydrogens (tertiary/aromatic N) is 1. The summed E-state index contributed by atoms with van der Waals surface area (Å²) in [6.07, 6.45) is 4.14. The lowest BCUT2D eigenvalue weighted by atomic mass is 9.76. The number of hydrogen-bond donors (Lipinski definition) is 1. The highest BCUT2D eigenvalue weighted by molar-refractivity contribution is 5.85. The lowest BCUT2D eigenvalue weighted by Crippen LogP contribution is -2.54. The monoisotopic (exact) mass is 304 g/mol. The van der Waals surface area contributed by atoms with Crippen LogP contribution in [0.3, 0.4) is 0 Å². The van der Waals surface area contributed by atoms with Gasteiger partial charge in [-0.05, 0) is 44.2 Å². The number of methoxy groups -OCH3 is 1. The van der Waals surface area contributed by atoms with Crippen LogP contribution in [-0.4, -0.2) is 50.7 Å². The van der Waals surface area contributed by atoms with E-state index in [0.717, 1.165) is 45.4 Å². The molecule has 0 aliphatic carbocycles. The van der Waals surface area contributed by atoms with Crippen LogP contribution in [0.5, 0.6) is 0 Å². The molecule has 0 radical (unpaired) electrons. The number of halogens is 1.